The van der Waals surface area contributed by atoms with Crippen LogP contribution in [0.1, 0.15) is 6.92 Å². The summed E-state index contributed by atoms with van der Waals surface area (Å²) in [6, 6.07) is 0. The first-order valence-electron chi connectivity index (χ1n) is 2.60. The molecule has 0 aliphatic carbocycles. The summed E-state index contributed by atoms with van der Waals surface area (Å²) in [6.07, 6.45) is -1.26. The van der Waals surface area contributed by atoms with E-state index in [1.165, 1.54) is 6.92 Å². The van der Waals surface area contributed by atoms with E-state index in [0.717, 1.165) is 0 Å². The zero-order chi connectivity index (χ0) is 8.15. The topological polar surface area (TPSA) is 83.8 Å². The molecule has 0 fully saturated rings. The largest absolute Gasteiger partial charge is 0.479 e. The summed E-state index contributed by atoms with van der Waals surface area (Å²) >= 11 is 0. The molecule has 0 aliphatic rings. The van der Waals surface area contributed by atoms with Crippen molar-refractivity contribution in [2.45, 2.75) is 13.0 Å². The van der Waals surface area contributed by atoms with Crippen molar-refractivity contribution in [3.05, 3.63) is 0 Å². The summed E-state index contributed by atoms with van der Waals surface area (Å²) in [5.74, 6) is -2.17. The first-order chi connectivity index (χ1) is 4.54. The predicted octanol–water partition coefficient (Wildman–Crippen LogP) is -1.01. The molecule has 0 aliphatic heterocycles. The number of aliphatic hydroxyl groups excluding tert-OH is 1. The number of carbonyl (C=O) groups is 2. The Morgan fingerprint density at radius 3 is 2.08 bits per heavy atom. The van der Waals surface area contributed by atoms with Gasteiger partial charge in [0.25, 0.3) is 0 Å². The van der Waals surface area contributed by atoms with Gasteiger partial charge in [-0.05, 0) is 6.92 Å². The molecule has 0 aromatic carbocycles. The van der Waals surface area contributed by atoms with Crippen molar-refractivity contribution < 1.29 is 63.5 Å². The predicted molar refractivity (Wildman–Crippen MR) is 30.3 cm³/mol. The van der Waals surface area contributed by atoms with Crippen molar-refractivity contribution in [2.75, 3.05) is 6.61 Å². The van der Waals surface area contributed by atoms with Gasteiger partial charge >= 0.3 is 11.9 Å². The maximum absolute atomic E-state index is 10.3. The van der Waals surface area contributed by atoms with E-state index in [2.05, 4.69) is 4.74 Å². The first-order valence-corrected chi connectivity index (χ1v) is 2.60. The van der Waals surface area contributed by atoms with Gasteiger partial charge in [0.15, 0.2) is 6.61 Å². The first kappa shape index (κ1) is 18.0. The Bertz CT molecular complexity index is 147. The number of ether oxygens (including phenoxy) is 1. The van der Waals surface area contributed by atoms with Crippen LogP contribution in [-0.2, 0) is 53.3 Å². The molecule has 0 aromatic rings. The molecule has 0 heterocycles. The van der Waals surface area contributed by atoms with Crippen LogP contribution in [-0.4, -0.2) is 34.9 Å². The second kappa shape index (κ2) is 9.24. The van der Waals surface area contributed by atoms with Gasteiger partial charge in [0.1, 0.15) is 6.10 Å². The number of carbonyl (C=O) groups excluding carboxylic acids is 1. The van der Waals surface area contributed by atoms with Gasteiger partial charge in [-0.25, -0.2) is 9.59 Å². The number of hydrogen-bond acceptors (Lipinski definition) is 4. The molecule has 5 nitrogen and oxygen atoms in total. The van der Waals surface area contributed by atoms with Crippen LogP contribution in [0.4, 0.5) is 0 Å². The molecule has 7 heteroatoms. The van der Waals surface area contributed by atoms with Gasteiger partial charge in [-0.15, -0.1) is 0 Å². The number of hydrogen-bond donors (Lipinski definition) is 2. The average molecular weight is 279 g/mol. The van der Waals surface area contributed by atoms with E-state index < -0.39 is 24.6 Å². The summed E-state index contributed by atoms with van der Waals surface area (Å²) < 4.78 is 4.08. The van der Waals surface area contributed by atoms with Crippen LogP contribution in [0.5, 0.6) is 0 Å². The van der Waals surface area contributed by atoms with Crippen LogP contribution < -0.4 is 0 Å². The normalized spacial score (nSPS) is 10.2. The fraction of sp³-hybridized carbons (Fsp3) is 0.600. The smallest absolute Gasteiger partial charge is 0.341 e. The minimum Gasteiger partial charge on any atom is -0.479 e. The summed E-state index contributed by atoms with van der Waals surface area (Å²) in [5, 5.41) is 16.5. The van der Waals surface area contributed by atoms with E-state index in [0.29, 0.717) is 0 Å². The third-order valence-electron chi connectivity index (χ3n) is 0.679. The van der Waals surface area contributed by atoms with E-state index in [1.807, 2.05) is 0 Å². The Labute approximate surface area is 95.0 Å². The molecule has 0 amide bonds. The molecule has 1 unspecified atom stereocenters. The zero-order valence-electron chi connectivity index (χ0n) is 6.82. The van der Waals surface area contributed by atoms with Crippen LogP contribution in [0.2, 0.25) is 0 Å². The van der Waals surface area contributed by atoms with Gasteiger partial charge in [-0.2, -0.15) is 0 Å². The summed E-state index contributed by atoms with van der Waals surface area (Å²) in [7, 11) is 0. The van der Waals surface area contributed by atoms with Crippen molar-refractivity contribution in [3.63, 3.8) is 0 Å². The molecule has 12 heavy (non-hydrogen) atoms. The SMILES string of the molecule is CC(O)C(=O)OCC(=O)O.[Zn].[Zn]. The molecule has 0 radical (unpaired) electrons. The quantitative estimate of drug-likeness (QED) is 0.511. The van der Waals surface area contributed by atoms with E-state index in [9.17, 15) is 9.59 Å². The Morgan fingerprint density at radius 2 is 1.83 bits per heavy atom. The van der Waals surface area contributed by atoms with E-state index in [1.54, 1.807) is 0 Å². The third-order valence-corrected chi connectivity index (χ3v) is 0.679. The average Bonchev–Trinajstić information content (AvgIpc) is 1.82. The summed E-state index contributed by atoms with van der Waals surface area (Å²) in [4.78, 5) is 20.1. The molecular weight excluding hydrogens is 271 g/mol. The van der Waals surface area contributed by atoms with Gasteiger partial charge in [0.05, 0.1) is 0 Å². The molecule has 0 aromatic heterocycles. The van der Waals surface area contributed by atoms with Gasteiger partial charge in [0.2, 0.25) is 0 Å². The fourth-order valence-electron chi connectivity index (χ4n) is 0.253. The summed E-state index contributed by atoms with van der Waals surface area (Å²) in [5.41, 5.74) is 0. The van der Waals surface area contributed by atoms with Crippen molar-refractivity contribution in [1.29, 1.82) is 0 Å². The van der Waals surface area contributed by atoms with Gasteiger partial charge < -0.3 is 14.9 Å². The number of esters is 1. The number of aliphatic hydroxyl groups is 1. The molecule has 0 bridgehead atoms. The standard InChI is InChI=1S/C5H8O5.2Zn/c1-3(6)5(9)10-2-4(7)8;;/h3,6H,2H2,1H3,(H,7,8);;. The van der Waals surface area contributed by atoms with Crippen molar-refractivity contribution in [1.82, 2.24) is 0 Å². The van der Waals surface area contributed by atoms with E-state index in [4.69, 9.17) is 10.2 Å². The third kappa shape index (κ3) is 10.1. The van der Waals surface area contributed by atoms with Crippen molar-refractivity contribution in [2.24, 2.45) is 0 Å². The van der Waals surface area contributed by atoms with Crippen molar-refractivity contribution >= 4 is 11.9 Å². The zero-order valence-corrected chi connectivity index (χ0v) is 12.8. The second-order valence-corrected chi connectivity index (χ2v) is 1.68. The van der Waals surface area contributed by atoms with Crippen LogP contribution in [0.15, 0.2) is 0 Å². The van der Waals surface area contributed by atoms with E-state index >= 15 is 0 Å². The number of carboxylic acids is 1. The Hall–Kier alpha value is 0.147. The van der Waals surface area contributed by atoms with Crippen LogP contribution in [0, 0.1) is 0 Å². The molecular formula is C5H8O5Zn2. The van der Waals surface area contributed by atoms with Gasteiger partial charge in [0, 0.05) is 39.0 Å². The molecule has 2 N–H and O–H groups in total. The molecule has 62 valence electrons. The van der Waals surface area contributed by atoms with Gasteiger partial charge in [-0.3, -0.25) is 0 Å². The van der Waals surface area contributed by atoms with E-state index in [-0.39, 0.29) is 39.0 Å². The maximum atomic E-state index is 10.3. The van der Waals surface area contributed by atoms with Crippen LogP contribution >= 0.6 is 0 Å². The Morgan fingerprint density at radius 1 is 1.42 bits per heavy atom. The molecule has 0 saturated heterocycles. The number of aliphatic carboxylic acids is 1. The minimum absolute atomic E-state index is 0. The molecule has 0 spiro atoms. The van der Waals surface area contributed by atoms with Crippen LogP contribution in [0.25, 0.3) is 0 Å². The minimum atomic E-state index is -1.26. The fourth-order valence-corrected chi connectivity index (χ4v) is 0.253. The van der Waals surface area contributed by atoms with Gasteiger partial charge in [-0.1, -0.05) is 0 Å². The Balaban J connectivity index is -0.000000405. The number of rotatable bonds is 3. The molecule has 0 saturated carbocycles. The van der Waals surface area contributed by atoms with Crippen molar-refractivity contribution in [3.8, 4) is 0 Å². The monoisotopic (exact) mass is 276 g/mol. The molecule has 0 rings (SSSR count). The van der Waals surface area contributed by atoms with Crippen LogP contribution in [0.3, 0.4) is 0 Å². The Kier molecular flexibility index (Phi) is 13.9. The number of carboxylic acid groups (broad SMARTS) is 1. The summed E-state index contributed by atoms with van der Waals surface area (Å²) in [6.45, 7) is 0.494. The second-order valence-electron chi connectivity index (χ2n) is 1.68. The maximum Gasteiger partial charge on any atom is 0.341 e. The molecule has 1 atom stereocenters.